The third kappa shape index (κ3) is 2.66. The molecule has 0 aliphatic carbocycles. The van der Waals surface area contributed by atoms with Gasteiger partial charge in [-0.3, -0.25) is 4.68 Å². The Balaban J connectivity index is 3.20. The summed E-state index contributed by atoms with van der Waals surface area (Å²) in [4.78, 5) is -0.00843. The number of aryl methyl sites for hydroxylation is 1. The number of hydrogen-bond donors (Lipinski definition) is 2. The van der Waals surface area contributed by atoms with Crippen molar-refractivity contribution in [1.82, 2.24) is 14.5 Å². The van der Waals surface area contributed by atoms with Crippen LogP contribution in [-0.4, -0.2) is 24.2 Å². The van der Waals surface area contributed by atoms with E-state index in [2.05, 4.69) is 15.7 Å². The van der Waals surface area contributed by atoms with E-state index in [1.807, 2.05) is 13.8 Å². The molecule has 0 saturated heterocycles. The van der Waals surface area contributed by atoms with Gasteiger partial charge in [-0.25, -0.2) is 8.42 Å². The monoisotopic (exact) mass is 270 g/mol. The van der Waals surface area contributed by atoms with Crippen molar-refractivity contribution < 1.29 is 8.42 Å². The zero-order valence-corrected chi connectivity index (χ0v) is 11.7. The molecule has 0 radical (unpaired) electrons. The molecule has 1 heterocycles. The van der Waals surface area contributed by atoms with Crippen molar-refractivity contribution in [3.8, 4) is 12.3 Å². The smallest absolute Gasteiger partial charge is 0.247 e. The molecule has 100 valence electrons. The number of nitrogens with two attached hydrogens (primary N) is 1. The molecule has 3 N–H and O–H groups in total. The number of nitrogens with zero attached hydrogens (tertiary/aromatic N) is 2. The topological polar surface area (TPSA) is 90.0 Å². The van der Waals surface area contributed by atoms with Crippen LogP contribution in [0.5, 0.6) is 0 Å². The van der Waals surface area contributed by atoms with Crippen LogP contribution in [0.3, 0.4) is 0 Å². The van der Waals surface area contributed by atoms with Crippen LogP contribution in [0.2, 0.25) is 0 Å². The van der Waals surface area contributed by atoms with Gasteiger partial charge in [0.1, 0.15) is 4.90 Å². The Morgan fingerprint density at radius 3 is 2.39 bits per heavy atom. The highest BCUT2D eigenvalue weighted by molar-refractivity contribution is 7.89. The van der Waals surface area contributed by atoms with Crippen molar-refractivity contribution in [1.29, 1.82) is 0 Å². The van der Waals surface area contributed by atoms with Crippen LogP contribution in [0, 0.1) is 25.2 Å². The lowest BCUT2D eigenvalue weighted by molar-refractivity contribution is 0.518. The summed E-state index contributed by atoms with van der Waals surface area (Å²) in [6.07, 6.45) is 5.31. The van der Waals surface area contributed by atoms with Crippen LogP contribution in [0.4, 0.5) is 5.82 Å². The van der Waals surface area contributed by atoms with E-state index in [0.29, 0.717) is 5.69 Å². The van der Waals surface area contributed by atoms with Crippen LogP contribution in [0.1, 0.15) is 19.5 Å². The molecule has 18 heavy (non-hydrogen) atoms. The van der Waals surface area contributed by atoms with E-state index in [1.165, 1.54) is 4.68 Å². The van der Waals surface area contributed by atoms with Crippen LogP contribution >= 0.6 is 0 Å². The van der Waals surface area contributed by atoms with E-state index in [0.717, 1.165) is 0 Å². The number of nitrogens with one attached hydrogen (secondary N) is 1. The second kappa shape index (κ2) is 5.00. The van der Waals surface area contributed by atoms with Crippen LogP contribution in [0.25, 0.3) is 0 Å². The van der Waals surface area contributed by atoms with Crippen LogP contribution < -0.4 is 10.5 Å². The summed E-state index contributed by atoms with van der Waals surface area (Å²) >= 11 is 0. The van der Waals surface area contributed by atoms with Gasteiger partial charge in [0, 0.05) is 7.05 Å². The normalized spacial score (nSPS) is 13.6. The molecule has 0 saturated carbocycles. The lowest BCUT2D eigenvalue weighted by atomic mass is 10.1. The van der Waals surface area contributed by atoms with Gasteiger partial charge in [-0.15, -0.1) is 6.42 Å². The highest BCUT2D eigenvalue weighted by atomic mass is 32.2. The van der Waals surface area contributed by atoms with Gasteiger partial charge in [-0.05, 0) is 12.8 Å². The SMILES string of the molecule is C#CC(NS(=O)(=O)c1c(N)nn(C)c1C)C(C)C. The molecular weight excluding hydrogens is 252 g/mol. The van der Waals surface area contributed by atoms with Gasteiger partial charge in [0.15, 0.2) is 5.82 Å². The predicted octanol–water partition coefficient (Wildman–Crippen LogP) is 0.247. The van der Waals surface area contributed by atoms with E-state index in [-0.39, 0.29) is 16.6 Å². The van der Waals surface area contributed by atoms with Gasteiger partial charge < -0.3 is 5.73 Å². The summed E-state index contributed by atoms with van der Waals surface area (Å²) in [5.74, 6) is 2.38. The fourth-order valence-electron chi connectivity index (χ4n) is 1.54. The molecule has 1 rings (SSSR count). The second-order valence-corrected chi connectivity index (χ2v) is 6.08. The van der Waals surface area contributed by atoms with Crippen LogP contribution in [0.15, 0.2) is 4.90 Å². The van der Waals surface area contributed by atoms with Crippen molar-refractivity contribution in [3.05, 3.63) is 5.69 Å². The maximum absolute atomic E-state index is 12.2. The number of rotatable bonds is 4. The van der Waals surface area contributed by atoms with E-state index in [4.69, 9.17) is 12.2 Å². The quantitative estimate of drug-likeness (QED) is 0.767. The molecule has 0 aliphatic rings. The summed E-state index contributed by atoms with van der Waals surface area (Å²) in [5, 5.41) is 3.88. The minimum Gasteiger partial charge on any atom is -0.381 e. The van der Waals surface area contributed by atoms with Crippen LogP contribution in [-0.2, 0) is 17.1 Å². The molecule has 6 nitrogen and oxygen atoms in total. The highest BCUT2D eigenvalue weighted by Gasteiger charge is 2.27. The van der Waals surface area contributed by atoms with Gasteiger partial charge in [0.05, 0.1) is 11.7 Å². The molecule has 0 fully saturated rings. The van der Waals surface area contributed by atoms with Gasteiger partial charge in [-0.1, -0.05) is 19.8 Å². The fraction of sp³-hybridized carbons (Fsp3) is 0.545. The Morgan fingerprint density at radius 2 is 2.06 bits per heavy atom. The molecular formula is C11H18N4O2S. The zero-order chi connectivity index (χ0) is 14.1. The third-order valence-electron chi connectivity index (χ3n) is 2.70. The first-order valence-electron chi connectivity index (χ1n) is 5.48. The van der Waals surface area contributed by atoms with Crippen molar-refractivity contribution in [2.75, 3.05) is 5.73 Å². The average molecular weight is 270 g/mol. The summed E-state index contributed by atoms with van der Waals surface area (Å²) in [7, 11) is -2.13. The predicted molar refractivity (Wildman–Crippen MR) is 70.1 cm³/mol. The van der Waals surface area contributed by atoms with Crippen molar-refractivity contribution in [2.45, 2.75) is 31.7 Å². The van der Waals surface area contributed by atoms with Gasteiger partial charge in [0.25, 0.3) is 0 Å². The fourth-order valence-corrected chi connectivity index (χ4v) is 3.16. The molecule has 1 aromatic rings. The van der Waals surface area contributed by atoms with Gasteiger partial charge >= 0.3 is 0 Å². The number of sulfonamides is 1. The zero-order valence-electron chi connectivity index (χ0n) is 10.9. The van der Waals surface area contributed by atoms with E-state index in [1.54, 1.807) is 14.0 Å². The molecule has 0 bridgehead atoms. The van der Waals surface area contributed by atoms with Gasteiger partial charge in [-0.2, -0.15) is 9.82 Å². The Kier molecular flexibility index (Phi) is 4.04. The highest BCUT2D eigenvalue weighted by Crippen LogP contribution is 2.21. The molecule has 1 aromatic heterocycles. The maximum atomic E-state index is 12.2. The number of terminal acetylenes is 1. The molecule has 0 aliphatic heterocycles. The third-order valence-corrected chi connectivity index (χ3v) is 4.31. The standard InChI is InChI=1S/C11H18N4O2S/c1-6-9(7(2)3)14-18(16,17)10-8(4)15(5)13-11(10)12/h1,7,9,14H,2-5H3,(H2,12,13). The molecule has 0 aromatic carbocycles. The summed E-state index contributed by atoms with van der Waals surface area (Å²) < 4.78 is 28.3. The van der Waals surface area contributed by atoms with Crippen molar-refractivity contribution in [3.63, 3.8) is 0 Å². The average Bonchev–Trinajstić information content (AvgIpc) is 2.49. The lowest BCUT2D eigenvalue weighted by Gasteiger charge is -2.16. The largest absolute Gasteiger partial charge is 0.381 e. The van der Waals surface area contributed by atoms with Gasteiger partial charge in [0.2, 0.25) is 10.0 Å². The first kappa shape index (κ1) is 14.5. The Hall–Kier alpha value is -1.52. The van der Waals surface area contributed by atoms with E-state index < -0.39 is 16.1 Å². The Morgan fingerprint density at radius 1 is 1.50 bits per heavy atom. The number of aromatic nitrogens is 2. The number of hydrogen-bond acceptors (Lipinski definition) is 4. The molecule has 1 unspecified atom stereocenters. The van der Waals surface area contributed by atoms with Crippen molar-refractivity contribution >= 4 is 15.8 Å². The van der Waals surface area contributed by atoms with Crippen molar-refractivity contribution in [2.24, 2.45) is 13.0 Å². The summed E-state index contributed by atoms with van der Waals surface area (Å²) in [6, 6.07) is -0.575. The second-order valence-electron chi connectivity index (χ2n) is 4.43. The number of nitrogen functional groups attached to an aromatic ring is 1. The Bertz CT molecular complexity index is 581. The Labute approximate surface area is 108 Å². The minimum atomic E-state index is -3.76. The summed E-state index contributed by atoms with van der Waals surface area (Å²) in [6.45, 7) is 5.32. The minimum absolute atomic E-state index is 0.00843. The van der Waals surface area contributed by atoms with E-state index in [9.17, 15) is 8.42 Å². The lowest BCUT2D eigenvalue weighted by Crippen LogP contribution is -2.37. The first-order valence-corrected chi connectivity index (χ1v) is 6.96. The first-order chi connectivity index (χ1) is 8.20. The molecule has 0 spiro atoms. The summed E-state index contributed by atoms with van der Waals surface area (Å²) in [5.41, 5.74) is 6.09. The molecule has 7 heteroatoms. The maximum Gasteiger partial charge on any atom is 0.247 e. The number of anilines is 1. The molecule has 0 amide bonds. The molecule has 1 atom stereocenters. The van der Waals surface area contributed by atoms with E-state index >= 15 is 0 Å².